The molecule has 1 heterocycles. The molecule has 2 amide bonds. The molecular formula is C26H27FN2O3. The molecule has 0 spiro atoms. The maximum Gasteiger partial charge on any atom is 0.325 e. The molecule has 1 aliphatic rings. The monoisotopic (exact) mass is 434 g/mol. The number of aromatic hydroxyl groups is 1. The number of para-hydroxylation sites is 1. The van der Waals surface area contributed by atoms with Crippen LogP contribution in [0.15, 0.2) is 72.8 Å². The summed E-state index contributed by atoms with van der Waals surface area (Å²) in [4.78, 5) is 16.8. The summed E-state index contributed by atoms with van der Waals surface area (Å²) in [6.07, 6.45) is 2.34. The van der Waals surface area contributed by atoms with Crippen LogP contribution >= 0.6 is 0 Å². The Balaban J connectivity index is 1.65. The predicted molar refractivity (Wildman–Crippen MR) is 123 cm³/mol. The lowest BCUT2D eigenvalue weighted by molar-refractivity contribution is 0.214. The van der Waals surface area contributed by atoms with Gasteiger partial charge in [-0.2, -0.15) is 0 Å². The molecule has 3 aromatic rings. The number of hydrogen-bond donors (Lipinski definition) is 1. The Morgan fingerprint density at radius 3 is 2.41 bits per heavy atom. The van der Waals surface area contributed by atoms with Crippen LogP contribution in [-0.4, -0.2) is 36.2 Å². The van der Waals surface area contributed by atoms with E-state index in [1.54, 1.807) is 48.2 Å². The Morgan fingerprint density at radius 1 is 1.03 bits per heavy atom. The number of nitrogens with zero attached hydrogens (tertiary/aromatic N) is 2. The van der Waals surface area contributed by atoms with Crippen molar-refractivity contribution in [3.63, 3.8) is 0 Å². The average Bonchev–Trinajstić information content (AvgIpc) is 3.05. The third-order valence-electron chi connectivity index (χ3n) is 6.12. The van der Waals surface area contributed by atoms with E-state index in [9.17, 15) is 14.3 Å². The van der Waals surface area contributed by atoms with Gasteiger partial charge in [0.05, 0.1) is 19.2 Å². The fraction of sp³-hybridized carbons (Fsp3) is 0.269. The number of urea groups is 1. The van der Waals surface area contributed by atoms with Crippen LogP contribution in [0.2, 0.25) is 0 Å². The van der Waals surface area contributed by atoms with Crippen LogP contribution in [0.1, 0.15) is 30.0 Å². The number of aryl methyl sites for hydroxylation is 1. The third kappa shape index (κ3) is 4.26. The van der Waals surface area contributed by atoms with Gasteiger partial charge >= 0.3 is 6.03 Å². The number of halogens is 1. The molecular weight excluding hydrogens is 407 g/mol. The quantitative estimate of drug-likeness (QED) is 0.531. The molecule has 2 unspecified atom stereocenters. The lowest BCUT2D eigenvalue weighted by Gasteiger charge is -2.28. The zero-order valence-corrected chi connectivity index (χ0v) is 18.2. The number of carbonyl (C=O) groups is 1. The van der Waals surface area contributed by atoms with Crippen LogP contribution < -0.4 is 9.64 Å². The maximum atomic E-state index is 13.3. The summed E-state index contributed by atoms with van der Waals surface area (Å²) in [7, 11) is 3.36. The molecule has 0 saturated carbocycles. The number of hydrogen-bond acceptors (Lipinski definition) is 3. The van der Waals surface area contributed by atoms with Crippen molar-refractivity contribution in [1.82, 2.24) is 4.90 Å². The van der Waals surface area contributed by atoms with E-state index in [-0.39, 0.29) is 29.7 Å². The molecule has 1 aliphatic heterocycles. The van der Waals surface area contributed by atoms with E-state index in [1.165, 1.54) is 12.1 Å². The van der Waals surface area contributed by atoms with Gasteiger partial charge in [0.25, 0.3) is 0 Å². The van der Waals surface area contributed by atoms with Crippen molar-refractivity contribution in [3.8, 4) is 11.5 Å². The van der Waals surface area contributed by atoms with Crippen molar-refractivity contribution < 1.29 is 19.0 Å². The number of phenolic OH excluding ortho intramolecular Hbond substituents is 1. The molecule has 2 atom stereocenters. The zero-order chi connectivity index (χ0) is 22.7. The SMILES string of the molecule is COc1ccc(C2C(CCCc3ccc(F)cc3)N(C)C(=O)N2c2ccccc2)c(O)c1. The summed E-state index contributed by atoms with van der Waals surface area (Å²) >= 11 is 0. The van der Waals surface area contributed by atoms with Crippen LogP contribution in [0.25, 0.3) is 0 Å². The molecule has 1 saturated heterocycles. The Hall–Kier alpha value is -3.54. The van der Waals surface area contributed by atoms with Crippen molar-refractivity contribution in [1.29, 1.82) is 0 Å². The fourth-order valence-corrected chi connectivity index (χ4v) is 4.44. The highest BCUT2D eigenvalue weighted by Gasteiger charge is 2.46. The summed E-state index contributed by atoms with van der Waals surface area (Å²) in [6, 6.07) is 20.6. The van der Waals surface area contributed by atoms with E-state index in [1.807, 2.05) is 36.4 Å². The molecule has 3 aromatic carbocycles. The first-order chi connectivity index (χ1) is 15.5. The first-order valence-electron chi connectivity index (χ1n) is 10.7. The molecule has 32 heavy (non-hydrogen) atoms. The van der Waals surface area contributed by atoms with Gasteiger partial charge in [-0.05, 0) is 61.2 Å². The minimum Gasteiger partial charge on any atom is -0.507 e. The van der Waals surface area contributed by atoms with Gasteiger partial charge in [0.15, 0.2) is 0 Å². The Kier molecular flexibility index (Phi) is 6.30. The molecule has 0 aromatic heterocycles. The summed E-state index contributed by atoms with van der Waals surface area (Å²) in [5.41, 5.74) is 2.52. The summed E-state index contributed by atoms with van der Waals surface area (Å²) in [6.45, 7) is 0. The molecule has 0 aliphatic carbocycles. The number of amides is 2. The second-order valence-electron chi connectivity index (χ2n) is 8.05. The van der Waals surface area contributed by atoms with Crippen LogP contribution in [0.4, 0.5) is 14.9 Å². The highest BCUT2D eigenvalue weighted by Crippen LogP contribution is 2.43. The van der Waals surface area contributed by atoms with Crippen LogP contribution in [0.5, 0.6) is 11.5 Å². The van der Waals surface area contributed by atoms with E-state index in [2.05, 4.69) is 0 Å². The fourth-order valence-electron chi connectivity index (χ4n) is 4.44. The minimum absolute atomic E-state index is 0.0990. The van der Waals surface area contributed by atoms with Gasteiger partial charge in [0.1, 0.15) is 17.3 Å². The average molecular weight is 435 g/mol. The third-order valence-corrected chi connectivity index (χ3v) is 6.12. The first kappa shape index (κ1) is 21.7. The number of rotatable bonds is 7. The number of ether oxygens (including phenoxy) is 1. The van der Waals surface area contributed by atoms with Crippen molar-refractivity contribution in [3.05, 3.63) is 89.7 Å². The molecule has 0 radical (unpaired) electrons. The van der Waals surface area contributed by atoms with Gasteiger partial charge in [0, 0.05) is 24.4 Å². The number of benzene rings is 3. The van der Waals surface area contributed by atoms with Crippen molar-refractivity contribution in [2.75, 3.05) is 19.1 Å². The Labute approximate surface area is 187 Å². The number of methoxy groups -OCH3 is 1. The minimum atomic E-state index is -0.353. The molecule has 5 nitrogen and oxygen atoms in total. The highest BCUT2D eigenvalue weighted by atomic mass is 19.1. The van der Waals surface area contributed by atoms with E-state index < -0.39 is 0 Å². The van der Waals surface area contributed by atoms with E-state index in [0.717, 1.165) is 30.5 Å². The number of likely N-dealkylation sites (N-methyl/N-ethyl adjacent to an activating group) is 1. The van der Waals surface area contributed by atoms with Crippen LogP contribution in [-0.2, 0) is 6.42 Å². The summed E-state index contributed by atoms with van der Waals surface area (Å²) < 4.78 is 18.4. The topological polar surface area (TPSA) is 53.0 Å². The van der Waals surface area contributed by atoms with Gasteiger partial charge in [-0.1, -0.05) is 30.3 Å². The molecule has 166 valence electrons. The molecule has 6 heteroatoms. The zero-order valence-electron chi connectivity index (χ0n) is 18.2. The van der Waals surface area contributed by atoms with Gasteiger partial charge in [-0.3, -0.25) is 4.90 Å². The van der Waals surface area contributed by atoms with Crippen LogP contribution in [0.3, 0.4) is 0 Å². The Bertz CT molecular complexity index is 1070. The van der Waals surface area contributed by atoms with Crippen LogP contribution in [0, 0.1) is 5.82 Å². The van der Waals surface area contributed by atoms with E-state index >= 15 is 0 Å². The van der Waals surface area contributed by atoms with Gasteiger partial charge in [-0.15, -0.1) is 0 Å². The smallest absolute Gasteiger partial charge is 0.325 e. The van der Waals surface area contributed by atoms with Gasteiger partial charge in [0.2, 0.25) is 0 Å². The molecule has 4 rings (SSSR count). The van der Waals surface area contributed by atoms with Crippen molar-refractivity contribution in [2.45, 2.75) is 31.3 Å². The first-order valence-corrected chi connectivity index (χ1v) is 10.7. The largest absolute Gasteiger partial charge is 0.507 e. The maximum absolute atomic E-state index is 13.3. The predicted octanol–water partition coefficient (Wildman–Crippen LogP) is 5.54. The van der Waals surface area contributed by atoms with Gasteiger partial charge in [-0.25, -0.2) is 9.18 Å². The number of carbonyl (C=O) groups excluding carboxylic acids is 1. The normalized spacial score (nSPS) is 18.3. The summed E-state index contributed by atoms with van der Waals surface area (Å²) in [5, 5.41) is 10.8. The van der Waals surface area contributed by atoms with E-state index in [0.29, 0.717) is 11.3 Å². The molecule has 1 N–H and O–H groups in total. The lowest BCUT2D eigenvalue weighted by atomic mass is 9.93. The number of anilines is 1. The van der Waals surface area contributed by atoms with Crippen molar-refractivity contribution >= 4 is 11.7 Å². The van der Waals surface area contributed by atoms with Gasteiger partial charge < -0.3 is 14.7 Å². The Morgan fingerprint density at radius 2 is 1.75 bits per heavy atom. The molecule has 1 fully saturated rings. The second-order valence-corrected chi connectivity index (χ2v) is 8.05. The van der Waals surface area contributed by atoms with E-state index in [4.69, 9.17) is 4.74 Å². The summed E-state index contributed by atoms with van der Waals surface area (Å²) in [5.74, 6) is 0.411. The molecule has 0 bridgehead atoms. The number of phenols is 1. The van der Waals surface area contributed by atoms with Crippen molar-refractivity contribution in [2.24, 2.45) is 0 Å². The second kappa shape index (κ2) is 9.30. The highest BCUT2D eigenvalue weighted by molar-refractivity contribution is 5.95. The lowest BCUT2D eigenvalue weighted by Crippen LogP contribution is -2.31. The standard InChI is InChI=1S/C26H27FN2O3/c1-28-23(10-6-7-18-11-13-19(27)14-12-18)25(22-16-15-21(32-2)17-24(22)30)29(26(28)31)20-8-4-3-5-9-20/h3-5,8-9,11-17,23,25,30H,6-7,10H2,1-2H3.